The molecule has 14 heavy (non-hydrogen) atoms. The Kier molecular flexibility index (Phi) is 2.94. The molecule has 0 amide bonds. The maximum Gasteiger partial charge on any atom is 0.405 e. The van der Waals surface area contributed by atoms with Gasteiger partial charge in [-0.15, -0.1) is 0 Å². The number of carboxylic acid groups (broad SMARTS) is 1. The Bertz CT molecular complexity index is 336. The smallest absolute Gasteiger partial charge is 0.405 e. The quantitative estimate of drug-likeness (QED) is 0.825. The van der Waals surface area contributed by atoms with E-state index in [2.05, 4.69) is 4.98 Å². The first-order valence-corrected chi connectivity index (χ1v) is 4.20. The zero-order chi connectivity index (χ0) is 10.8. The van der Waals surface area contributed by atoms with Gasteiger partial charge in [0.1, 0.15) is 11.4 Å². The van der Waals surface area contributed by atoms with E-state index in [1.54, 1.807) is 0 Å². The second-order valence-corrected chi connectivity index (χ2v) is 3.33. The lowest BCUT2D eigenvalue weighted by molar-refractivity contribution is -0.115. The van der Waals surface area contributed by atoms with E-state index < -0.39 is 18.7 Å². The lowest BCUT2D eigenvalue weighted by Crippen LogP contribution is -2.21. The van der Waals surface area contributed by atoms with Crippen LogP contribution in [0.4, 0.5) is 18.3 Å². The molecule has 0 spiro atoms. The highest BCUT2D eigenvalue weighted by Gasteiger charge is 2.27. The van der Waals surface area contributed by atoms with Crippen molar-refractivity contribution in [1.82, 2.24) is 4.98 Å². The molecule has 2 N–H and O–H groups in total. The van der Waals surface area contributed by atoms with Gasteiger partial charge in [0.25, 0.3) is 0 Å². The number of halogens is 3. The highest BCUT2D eigenvalue weighted by atomic mass is 32.1. The van der Waals surface area contributed by atoms with E-state index in [1.165, 1.54) is 0 Å². The summed E-state index contributed by atoms with van der Waals surface area (Å²) in [6.45, 7) is -1.22. The van der Waals surface area contributed by atoms with Crippen LogP contribution in [0.5, 0.6) is 0 Å². The molecule has 0 fully saturated rings. The Hall–Kier alpha value is -1.31. The molecule has 0 bridgehead atoms. The standard InChI is InChI=1S/C6H5F3N2O2S/c7-6(8,9)2-11-5-10-1-3(14-5)4(12)13/h1H,2H2,(H,10,11)(H,12,13). The lowest BCUT2D eigenvalue weighted by atomic mass is 10.6. The van der Waals surface area contributed by atoms with Crippen LogP contribution in [0.15, 0.2) is 6.20 Å². The zero-order valence-corrected chi connectivity index (χ0v) is 7.45. The van der Waals surface area contributed by atoms with Crippen LogP contribution in [-0.2, 0) is 0 Å². The molecule has 0 aliphatic carbocycles. The summed E-state index contributed by atoms with van der Waals surface area (Å²) in [7, 11) is 0. The number of hydrogen-bond donors (Lipinski definition) is 2. The van der Waals surface area contributed by atoms with Crippen LogP contribution < -0.4 is 5.32 Å². The molecule has 4 nitrogen and oxygen atoms in total. The van der Waals surface area contributed by atoms with Crippen molar-refractivity contribution in [3.05, 3.63) is 11.1 Å². The Morgan fingerprint density at radius 1 is 1.64 bits per heavy atom. The minimum Gasteiger partial charge on any atom is -0.477 e. The van der Waals surface area contributed by atoms with Gasteiger partial charge in [-0.1, -0.05) is 11.3 Å². The summed E-state index contributed by atoms with van der Waals surface area (Å²) < 4.78 is 35.1. The molecule has 0 aromatic carbocycles. The molecular formula is C6H5F3N2O2S. The van der Waals surface area contributed by atoms with Crippen LogP contribution in [0.25, 0.3) is 0 Å². The molecule has 0 aliphatic rings. The Labute approximate surface area is 80.4 Å². The molecule has 0 atom stereocenters. The van der Waals surface area contributed by atoms with Crippen LogP contribution in [0.1, 0.15) is 9.67 Å². The third kappa shape index (κ3) is 3.21. The first-order chi connectivity index (χ1) is 6.38. The molecule has 1 heterocycles. The number of carbonyl (C=O) groups is 1. The summed E-state index contributed by atoms with van der Waals surface area (Å²) in [6, 6.07) is 0. The van der Waals surface area contributed by atoms with Gasteiger partial charge in [-0.05, 0) is 0 Å². The first kappa shape index (κ1) is 10.8. The van der Waals surface area contributed by atoms with Crippen molar-refractivity contribution in [3.8, 4) is 0 Å². The zero-order valence-electron chi connectivity index (χ0n) is 6.63. The van der Waals surface area contributed by atoms with Crippen molar-refractivity contribution in [2.75, 3.05) is 11.9 Å². The van der Waals surface area contributed by atoms with Crippen LogP contribution in [0, 0.1) is 0 Å². The summed E-state index contributed by atoms with van der Waals surface area (Å²) in [4.78, 5) is 13.7. The second-order valence-electron chi connectivity index (χ2n) is 2.30. The molecular weight excluding hydrogens is 221 g/mol. The molecule has 1 aromatic heterocycles. The molecule has 1 rings (SSSR count). The monoisotopic (exact) mass is 226 g/mol. The number of carboxylic acids is 1. The minimum absolute atomic E-state index is 0.0558. The van der Waals surface area contributed by atoms with Crippen LogP contribution >= 0.6 is 11.3 Å². The van der Waals surface area contributed by atoms with Gasteiger partial charge >= 0.3 is 12.1 Å². The van der Waals surface area contributed by atoms with Crippen molar-refractivity contribution in [2.24, 2.45) is 0 Å². The maximum atomic E-state index is 11.7. The van der Waals surface area contributed by atoms with Gasteiger partial charge in [-0.2, -0.15) is 13.2 Å². The molecule has 0 aliphatic heterocycles. The summed E-state index contributed by atoms with van der Waals surface area (Å²) in [5, 5.41) is 10.4. The van der Waals surface area contributed by atoms with E-state index in [-0.39, 0.29) is 10.0 Å². The van der Waals surface area contributed by atoms with Gasteiger partial charge in [0, 0.05) is 0 Å². The first-order valence-electron chi connectivity index (χ1n) is 3.38. The van der Waals surface area contributed by atoms with Crippen molar-refractivity contribution in [1.29, 1.82) is 0 Å². The van der Waals surface area contributed by atoms with Gasteiger partial charge in [0.05, 0.1) is 6.20 Å². The molecule has 78 valence electrons. The number of anilines is 1. The van der Waals surface area contributed by atoms with Crippen molar-refractivity contribution in [2.45, 2.75) is 6.18 Å². The molecule has 0 unspecified atom stereocenters. The summed E-state index contributed by atoms with van der Waals surface area (Å²) in [5.41, 5.74) is 0. The molecule has 1 aromatic rings. The van der Waals surface area contributed by atoms with Crippen molar-refractivity contribution in [3.63, 3.8) is 0 Å². The normalized spacial score (nSPS) is 11.4. The van der Waals surface area contributed by atoms with Gasteiger partial charge in [0.15, 0.2) is 5.13 Å². The van der Waals surface area contributed by atoms with E-state index >= 15 is 0 Å². The van der Waals surface area contributed by atoms with Crippen molar-refractivity contribution < 1.29 is 23.1 Å². The number of nitrogens with zero attached hydrogens (tertiary/aromatic N) is 1. The molecule has 0 saturated heterocycles. The third-order valence-electron chi connectivity index (χ3n) is 1.16. The predicted octanol–water partition coefficient (Wildman–Crippen LogP) is 1.82. The fourth-order valence-electron chi connectivity index (χ4n) is 0.631. The van der Waals surface area contributed by atoms with Crippen molar-refractivity contribution >= 4 is 22.4 Å². The summed E-state index contributed by atoms with van der Waals surface area (Å²) in [5.74, 6) is -1.21. The van der Waals surface area contributed by atoms with Gasteiger partial charge in [-0.25, -0.2) is 9.78 Å². The Morgan fingerprint density at radius 3 is 2.71 bits per heavy atom. The average Bonchev–Trinajstić information content (AvgIpc) is 2.47. The Balaban J connectivity index is 2.56. The topological polar surface area (TPSA) is 62.2 Å². The predicted molar refractivity (Wildman–Crippen MR) is 43.6 cm³/mol. The average molecular weight is 226 g/mol. The molecule has 8 heteroatoms. The van der Waals surface area contributed by atoms with E-state index in [0.717, 1.165) is 6.20 Å². The fourth-order valence-corrected chi connectivity index (χ4v) is 1.28. The lowest BCUT2D eigenvalue weighted by Gasteiger charge is -2.05. The number of aromatic nitrogens is 1. The number of alkyl halides is 3. The van der Waals surface area contributed by atoms with Crippen LogP contribution in [-0.4, -0.2) is 28.8 Å². The van der Waals surface area contributed by atoms with Gasteiger partial charge in [-0.3, -0.25) is 0 Å². The maximum absolute atomic E-state index is 11.7. The van der Waals surface area contributed by atoms with E-state index in [4.69, 9.17) is 5.11 Å². The highest BCUT2D eigenvalue weighted by Crippen LogP contribution is 2.20. The SMILES string of the molecule is O=C(O)c1cnc(NCC(F)(F)F)s1. The molecule has 0 saturated carbocycles. The third-order valence-corrected chi connectivity index (χ3v) is 2.10. The number of rotatable bonds is 3. The fraction of sp³-hybridized carbons (Fsp3) is 0.333. The largest absolute Gasteiger partial charge is 0.477 e. The van der Waals surface area contributed by atoms with E-state index in [0.29, 0.717) is 11.3 Å². The van der Waals surface area contributed by atoms with E-state index in [1.807, 2.05) is 5.32 Å². The number of hydrogen-bond acceptors (Lipinski definition) is 4. The molecule has 0 radical (unpaired) electrons. The summed E-state index contributed by atoms with van der Waals surface area (Å²) >= 11 is 0.660. The Morgan fingerprint density at radius 2 is 2.29 bits per heavy atom. The number of nitrogens with one attached hydrogen (secondary N) is 1. The van der Waals surface area contributed by atoms with Crippen LogP contribution in [0.3, 0.4) is 0 Å². The highest BCUT2D eigenvalue weighted by molar-refractivity contribution is 7.17. The van der Waals surface area contributed by atoms with Gasteiger partial charge in [0.2, 0.25) is 0 Å². The van der Waals surface area contributed by atoms with Gasteiger partial charge < -0.3 is 10.4 Å². The second kappa shape index (κ2) is 3.82. The van der Waals surface area contributed by atoms with Crippen LogP contribution in [0.2, 0.25) is 0 Å². The minimum atomic E-state index is -4.34. The number of aromatic carboxylic acids is 1. The van der Waals surface area contributed by atoms with E-state index in [9.17, 15) is 18.0 Å². The summed E-state index contributed by atoms with van der Waals surface area (Å²) in [6.07, 6.45) is -3.33. The number of thiazole rings is 1.